The summed E-state index contributed by atoms with van der Waals surface area (Å²) in [4.78, 5) is 13.0. The predicted molar refractivity (Wildman–Crippen MR) is 117 cm³/mol. The third kappa shape index (κ3) is 5.24. The number of carbonyl (C=O) groups excluding carboxylic acids is 1. The molecule has 0 aliphatic rings. The number of nitrogens with zero attached hydrogens (tertiary/aromatic N) is 3. The number of methoxy groups -OCH3 is 4. The Morgan fingerprint density at radius 3 is 2.17 bits per heavy atom. The molecular formula is C23H21F3N4O5. The molecule has 0 saturated heterocycles. The van der Waals surface area contributed by atoms with Crippen molar-refractivity contribution < 1.29 is 36.9 Å². The molecule has 1 unspecified atom stereocenters. The van der Waals surface area contributed by atoms with Gasteiger partial charge < -0.3 is 24.3 Å². The summed E-state index contributed by atoms with van der Waals surface area (Å²) in [5.41, 5.74) is -0.690. The van der Waals surface area contributed by atoms with Gasteiger partial charge in [0.15, 0.2) is 22.9 Å². The van der Waals surface area contributed by atoms with Gasteiger partial charge in [0, 0.05) is 0 Å². The Morgan fingerprint density at radius 2 is 1.66 bits per heavy atom. The Labute approximate surface area is 198 Å². The van der Waals surface area contributed by atoms with Gasteiger partial charge in [-0.25, -0.2) is 4.68 Å². The van der Waals surface area contributed by atoms with Crippen molar-refractivity contribution in [2.75, 3.05) is 28.4 Å². The van der Waals surface area contributed by atoms with Crippen LogP contribution in [0.25, 0.3) is 5.69 Å². The summed E-state index contributed by atoms with van der Waals surface area (Å²) < 4.78 is 61.4. The van der Waals surface area contributed by atoms with Crippen molar-refractivity contribution in [1.82, 2.24) is 15.1 Å². The van der Waals surface area contributed by atoms with Crippen molar-refractivity contribution in [1.29, 1.82) is 5.26 Å². The second kappa shape index (κ2) is 10.3. The molecule has 0 radical (unpaired) electrons. The van der Waals surface area contributed by atoms with E-state index in [1.54, 1.807) is 0 Å². The molecule has 1 amide bonds. The largest absolute Gasteiger partial charge is 0.493 e. The van der Waals surface area contributed by atoms with E-state index in [0.717, 1.165) is 16.8 Å². The third-order valence-electron chi connectivity index (χ3n) is 4.98. The van der Waals surface area contributed by atoms with Crippen LogP contribution in [0.4, 0.5) is 13.2 Å². The van der Waals surface area contributed by atoms with E-state index in [-0.39, 0.29) is 28.6 Å². The molecule has 1 atom stereocenters. The maximum atomic E-state index is 13.1. The molecule has 0 bridgehead atoms. The second-order valence-corrected chi connectivity index (χ2v) is 7.03. The molecule has 9 nitrogen and oxygen atoms in total. The van der Waals surface area contributed by atoms with E-state index in [2.05, 4.69) is 10.4 Å². The van der Waals surface area contributed by atoms with Crippen LogP contribution in [-0.2, 0) is 6.18 Å². The Bertz CT molecular complexity index is 1240. The summed E-state index contributed by atoms with van der Waals surface area (Å²) in [6.45, 7) is 0. The average Bonchev–Trinajstić information content (AvgIpc) is 3.30. The van der Waals surface area contributed by atoms with E-state index < -0.39 is 23.7 Å². The quantitative estimate of drug-likeness (QED) is 0.510. The molecule has 0 aliphatic carbocycles. The van der Waals surface area contributed by atoms with Crippen LogP contribution in [-0.4, -0.2) is 44.1 Å². The fourth-order valence-electron chi connectivity index (χ4n) is 3.28. The number of hydrogen-bond acceptors (Lipinski definition) is 7. The summed E-state index contributed by atoms with van der Waals surface area (Å²) in [6.07, 6.45) is -3.28. The standard InChI is InChI=1S/C23H21F3N4O5/c1-32-17-8-13(9-18(33-2)21(17)35-4)16(11-27)28-22(31)20-19(34-3)12-30(29-20)15-7-5-6-14(10-15)23(24,25)26/h5-10,12,16H,1-4H3,(H,28,31). The van der Waals surface area contributed by atoms with Crippen LogP contribution in [0.2, 0.25) is 0 Å². The average molecular weight is 490 g/mol. The zero-order valence-corrected chi connectivity index (χ0v) is 19.1. The number of halogens is 3. The number of benzene rings is 2. The van der Waals surface area contributed by atoms with Crippen molar-refractivity contribution in [2.45, 2.75) is 12.2 Å². The van der Waals surface area contributed by atoms with Gasteiger partial charge in [-0.1, -0.05) is 6.07 Å². The van der Waals surface area contributed by atoms with Crippen LogP contribution >= 0.6 is 0 Å². The first-order valence-corrected chi connectivity index (χ1v) is 9.98. The summed E-state index contributed by atoms with van der Waals surface area (Å²) in [6, 6.07) is 8.28. The van der Waals surface area contributed by atoms with Crippen molar-refractivity contribution in [3.63, 3.8) is 0 Å². The summed E-state index contributed by atoms with van der Waals surface area (Å²) >= 11 is 0. The van der Waals surface area contributed by atoms with Gasteiger partial charge in [0.2, 0.25) is 5.75 Å². The summed E-state index contributed by atoms with van der Waals surface area (Å²) in [5.74, 6) is 0.0862. The molecule has 1 N–H and O–H groups in total. The minimum absolute atomic E-state index is 0.00138. The number of amides is 1. The summed E-state index contributed by atoms with van der Waals surface area (Å²) in [5, 5.41) is 16.3. The van der Waals surface area contributed by atoms with Gasteiger partial charge in [-0.2, -0.15) is 23.5 Å². The summed E-state index contributed by atoms with van der Waals surface area (Å²) in [7, 11) is 5.53. The number of ether oxygens (including phenoxy) is 4. The minimum Gasteiger partial charge on any atom is -0.493 e. The third-order valence-corrected chi connectivity index (χ3v) is 4.98. The molecule has 12 heteroatoms. The monoisotopic (exact) mass is 490 g/mol. The van der Waals surface area contributed by atoms with E-state index in [0.29, 0.717) is 11.3 Å². The molecule has 0 spiro atoms. The fourth-order valence-corrected chi connectivity index (χ4v) is 3.28. The number of alkyl halides is 3. The number of aromatic nitrogens is 2. The molecule has 3 aromatic rings. The van der Waals surface area contributed by atoms with Gasteiger partial charge in [-0.3, -0.25) is 4.79 Å². The number of nitriles is 1. The SMILES string of the molecule is COc1cn(-c2cccc(C(F)(F)F)c2)nc1C(=O)NC(C#N)c1cc(OC)c(OC)c(OC)c1. The van der Waals surface area contributed by atoms with Crippen molar-refractivity contribution in [2.24, 2.45) is 0 Å². The Kier molecular flexibility index (Phi) is 7.39. The Balaban J connectivity index is 1.94. The van der Waals surface area contributed by atoms with Crippen LogP contribution in [0.15, 0.2) is 42.6 Å². The van der Waals surface area contributed by atoms with Gasteiger partial charge in [0.1, 0.15) is 6.04 Å². The Hall–Kier alpha value is -4.40. The molecule has 1 aromatic heterocycles. The lowest BCUT2D eigenvalue weighted by molar-refractivity contribution is -0.137. The highest BCUT2D eigenvalue weighted by Gasteiger charge is 2.31. The van der Waals surface area contributed by atoms with E-state index >= 15 is 0 Å². The van der Waals surface area contributed by atoms with Crippen LogP contribution < -0.4 is 24.3 Å². The molecule has 2 aromatic carbocycles. The molecular weight excluding hydrogens is 469 g/mol. The molecule has 0 fully saturated rings. The van der Waals surface area contributed by atoms with Gasteiger partial charge in [-0.05, 0) is 35.9 Å². The molecule has 3 rings (SSSR count). The highest BCUT2D eigenvalue weighted by molar-refractivity contribution is 5.95. The molecule has 35 heavy (non-hydrogen) atoms. The maximum Gasteiger partial charge on any atom is 0.416 e. The fraction of sp³-hybridized carbons (Fsp3) is 0.261. The molecule has 184 valence electrons. The number of rotatable bonds is 8. The van der Waals surface area contributed by atoms with Gasteiger partial charge in [0.05, 0.1) is 52.0 Å². The molecule has 1 heterocycles. The van der Waals surface area contributed by atoms with Gasteiger partial charge in [-0.15, -0.1) is 0 Å². The normalized spacial score (nSPS) is 11.8. The molecule has 0 aliphatic heterocycles. The van der Waals surface area contributed by atoms with Gasteiger partial charge >= 0.3 is 6.18 Å². The van der Waals surface area contributed by atoms with E-state index in [9.17, 15) is 23.2 Å². The second-order valence-electron chi connectivity index (χ2n) is 7.03. The highest BCUT2D eigenvalue weighted by atomic mass is 19.4. The predicted octanol–water partition coefficient (Wildman–Crippen LogP) is 3.92. The van der Waals surface area contributed by atoms with Crippen LogP contribution in [0.3, 0.4) is 0 Å². The van der Waals surface area contributed by atoms with E-state index in [1.165, 1.54) is 58.9 Å². The van der Waals surface area contributed by atoms with E-state index in [1.807, 2.05) is 6.07 Å². The Morgan fingerprint density at radius 1 is 1.03 bits per heavy atom. The van der Waals surface area contributed by atoms with E-state index in [4.69, 9.17) is 18.9 Å². The van der Waals surface area contributed by atoms with Crippen molar-refractivity contribution in [3.05, 3.63) is 59.4 Å². The minimum atomic E-state index is -4.55. The lowest BCUT2D eigenvalue weighted by Crippen LogP contribution is -2.28. The first-order valence-electron chi connectivity index (χ1n) is 9.98. The first kappa shape index (κ1) is 25.2. The number of nitrogens with one attached hydrogen (secondary N) is 1. The van der Waals surface area contributed by atoms with Crippen LogP contribution in [0, 0.1) is 11.3 Å². The van der Waals surface area contributed by atoms with Crippen molar-refractivity contribution >= 4 is 5.91 Å². The van der Waals surface area contributed by atoms with Gasteiger partial charge in [0.25, 0.3) is 5.91 Å². The van der Waals surface area contributed by atoms with Crippen LogP contribution in [0.1, 0.15) is 27.7 Å². The zero-order valence-electron chi connectivity index (χ0n) is 19.1. The first-order chi connectivity index (χ1) is 16.7. The highest BCUT2D eigenvalue weighted by Crippen LogP contribution is 2.39. The molecule has 0 saturated carbocycles. The maximum absolute atomic E-state index is 13.1. The van der Waals surface area contributed by atoms with Crippen molar-refractivity contribution in [3.8, 4) is 34.8 Å². The lowest BCUT2D eigenvalue weighted by atomic mass is 10.1. The zero-order chi connectivity index (χ0) is 25.8. The topological polar surface area (TPSA) is 108 Å². The lowest BCUT2D eigenvalue weighted by Gasteiger charge is -2.17. The number of carbonyl (C=O) groups is 1. The number of hydrogen-bond donors (Lipinski definition) is 1. The van der Waals surface area contributed by atoms with Crippen LogP contribution in [0.5, 0.6) is 23.0 Å². The smallest absolute Gasteiger partial charge is 0.416 e.